The van der Waals surface area contributed by atoms with Gasteiger partial charge in [-0.3, -0.25) is 4.68 Å². The Morgan fingerprint density at radius 1 is 1.22 bits per heavy atom. The Morgan fingerprint density at radius 2 is 2.00 bits per heavy atom. The summed E-state index contributed by atoms with van der Waals surface area (Å²) in [7, 11) is 1.93. The summed E-state index contributed by atoms with van der Waals surface area (Å²) in [5, 5.41) is 5.10. The van der Waals surface area contributed by atoms with Crippen LogP contribution < -0.4 is 5.73 Å². The van der Waals surface area contributed by atoms with Crippen molar-refractivity contribution < 1.29 is 0 Å². The van der Waals surface area contributed by atoms with Crippen molar-refractivity contribution in [1.29, 1.82) is 0 Å². The van der Waals surface area contributed by atoms with Crippen molar-refractivity contribution in [2.24, 2.45) is 7.05 Å². The number of nitrogens with two attached hydrogens (primary N) is 1. The van der Waals surface area contributed by atoms with Crippen molar-refractivity contribution in [3.05, 3.63) is 42.6 Å². The molecule has 2 aromatic heterocycles. The second kappa shape index (κ2) is 4.27. The molecular formula is C13H12N4S. The fourth-order valence-corrected chi connectivity index (χ4v) is 2.59. The number of anilines is 1. The van der Waals surface area contributed by atoms with Crippen molar-refractivity contribution >= 4 is 16.5 Å². The SMILES string of the molecule is Cn1nc(-c2ccccc2)cc1-c1cnc(N)s1. The predicted octanol–water partition coefficient (Wildman–Crippen LogP) is 2.79. The minimum absolute atomic E-state index is 0.576. The molecule has 2 N–H and O–H groups in total. The molecule has 1 aromatic carbocycles. The molecule has 0 aliphatic rings. The van der Waals surface area contributed by atoms with Gasteiger partial charge in [-0.1, -0.05) is 41.7 Å². The van der Waals surface area contributed by atoms with E-state index in [-0.39, 0.29) is 0 Å². The molecule has 0 radical (unpaired) electrons. The maximum Gasteiger partial charge on any atom is 0.180 e. The monoisotopic (exact) mass is 256 g/mol. The number of hydrogen-bond acceptors (Lipinski definition) is 4. The van der Waals surface area contributed by atoms with E-state index in [1.807, 2.05) is 42.1 Å². The number of nitrogens with zero attached hydrogens (tertiary/aromatic N) is 3. The van der Waals surface area contributed by atoms with Gasteiger partial charge in [-0.25, -0.2) is 4.98 Å². The Kier molecular flexibility index (Phi) is 2.60. The normalized spacial score (nSPS) is 10.7. The van der Waals surface area contributed by atoms with Gasteiger partial charge >= 0.3 is 0 Å². The van der Waals surface area contributed by atoms with Crippen LogP contribution in [0.25, 0.3) is 21.8 Å². The summed E-state index contributed by atoms with van der Waals surface area (Å²) in [4.78, 5) is 5.10. The van der Waals surface area contributed by atoms with Gasteiger partial charge in [-0.15, -0.1) is 0 Å². The minimum atomic E-state index is 0.576. The molecule has 3 rings (SSSR count). The number of aromatic nitrogens is 3. The summed E-state index contributed by atoms with van der Waals surface area (Å²) in [6.45, 7) is 0. The molecule has 0 saturated heterocycles. The number of benzene rings is 1. The smallest absolute Gasteiger partial charge is 0.180 e. The van der Waals surface area contributed by atoms with E-state index in [0.717, 1.165) is 21.8 Å². The summed E-state index contributed by atoms with van der Waals surface area (Å²) < 4.78 is 1.86. The standard InChI is InChI=1S/C13H12N4S/c1-17-11(12-8-15-13(14)18-12)7-10(16-17)9-5-3-2-4-6-9/h2-8H,1H3,(H2,14,15). The van der Waals surface area contributed by atoms with Crippen LogP contribution in [0.3, 0.4) is 0 Å². The molecule has 0 aliphatic heterocycles. The fourth-order valence-electron chi connectivity index (χ4n) is 1.85. The highest BCUT2D eigenvalue weighted by molar-refractivity contribution is 7.18. The van der Waals surface area contributed by atoms with Gasteiger partial charge in [0.1, 0.15) is 0 Å². The maximum atomic E-state index is 5.66. The van der Waals surface area contributed by atoms with Crippen LogP contribution in [0.2, 0.25) is 0 Å². The second-order valence-corrected chi connectivity index (χ2v) is 5.03. The number of aryl methyl sites for hydroxylation is 1. The highest BCUT2D eigenvalue weighted by Crippen LogP contribution is 2.30. The number of nitrogen functional groups attached to an aromatic ring is 1. The zero-order valence-electron chi connectivity index (χ0n) is 9.87. The molecule has 0 atom stereocenters. The third-order valence-electron chi connectivity index (χ3n) is 2.73. The van der Waals surface area contributed by atoms with Gasteiger partial charge in [0, 0.05) is 18.8 Å². The average molecular weight is 256 g/mol. The predicted molar refractivity (Wildman–Crippen MR) is 74.2 cm³/mol. The van der Waals surface area contributed by atoms with Crippen LogP contribution in [0.15, 0.2) is 42.6 Å². The minimum Gasteiger partial charge on any atom is -0.375 e. The van der Waals surface area contributed by atoms with Gasteiger partial charge < -0.3 is 5.73 Å². The Bertz CT molecular complexity index is 669. The lowest BCUT2D eigenvalue weighted by Crippen LogP contribution is -1.92. The Balaban J connectivity index is 2.06. The van der Waals surface area contributed by atoms with Gasteiger partial charge in [0.2, 0.25) is 0 Å². The lowest BCUT2D eigenvalue weighted by atomic mass is 10.1. The Hall–Kier alpha value is -2.14. The van der Waals surface area contributed by atoms with E-state index in [9.17, 15) is 0 Å². The molecule has 3 aromatic rings. The Morgan fingerprint density at radius 3 is 2.67 bits per heavy atom. The number of thiazole rings is 1. The van der Waals surface area contributed by atoms with Gasteiger partial charge in [-0.05, 0) is 6.07 Å². The molecule has 0 spiro atoms. The lowest BCUT2D eigenvalue weighted by Gasteiger charge is -1.95. The van der Waals surface area contributed by atoms with Gasteiger partial charge in [0.15, 0.2) is 5.13 Å². The molecule has 4 nitrogen and oxygen atoms in total. The van der Waals surface area contributed by atoms with Crippen LogP contribution >= 0.6 is 11.3 Å². The molecule has 90 valence electrons. The largest absolute Gasteiger partial charge is 0.375 e. The van der Waals surface area contributed by atoms with Gasteiger partial charge in [-0.2, -0.15) is 5.10 Å². The van der Waals surface area contributed by atoms with Crippen molar-refractivity contribution in [2.75, 3.05) is 5.73 Å². The zero-order valence-corrected chi connectivity index (χ0v) is 10.7. The first kappa shape index (κ1) is 11.0. The van der Waals surface area contributed by atoms with Crippen molar-refractivity contribution in [2.45, 2.75) is 0 Å². The first-order valence-corrected chi connectivity index (χ1v) is 6.37. The van der Waals surface area contributed by atoms with E-state index in [0.29, 0.717) is 5.13 Å². The Labute approximate surface area is 109 Å². The molecule has 0 fully saturated rings. The third-order valence-corrected chi connectivity index (χ3v) is 3.57. The number of hydrogen-bond donors (Lipinski definition) is 1. The van der Waals surface area contributed by atoms with E-state index in [1.165, 1.54) is 11.3 Å². The zero-order chi connectivity index (χ0) is 12.5. The maximum absolute atomic E-state index is 5.66. The molecule has 2 heterocycles. The molecule has 0 amide bonds. The molecule has 18 heavy (non-hydrogen) atoms. The van der Waals surface area contributed by atoms with Crippen molar-refractivity contribution in [3.8, 4) is 21.8 Å². The summed E-state index contributed by atoms with van der Waals surface area (Å²) in [6.07, 6.45) is 1.78. The van der Waals surface area contributed by atoms with Crippen LogP contribution in [0.5, 0.6) is 0 Å². The van der Waals surface area contributed by atoms with Crippen LogP contribution in [-0.2, 0) is 7.05 Å². The van der Waals surface area contributed by atoms with E-state index >= 15 is 0 Å². The highest BCUT2D eigenvalue weighted by Gasteiger charge is 2.11. The lowest BCUT2D eigenvalue weighted by molar-refractivity contribution is 0.780. The molecule has 5 heteroatoms. The molecular weight excluding hydrogens is 244 g/mol. The van der Waals surface area contributed by atoms with E-state index < -0.39 is 0 Å². The first-order chi connectivity index (χ1) is 8.74. The quantitative estimate of drug-likeness (QED) is 0.767. The summed E-state index contributed by atoms with van der Waals surface area (Å²) in [6, 6.07) is 12.2. The number of rotatable bonds is 2. The van der Waals surface area contributed by atoms with E-state index in [2.05, 4.69) is 16.1 Å². The molecule has 0 saturated carbocycles. The summed E-state index contributed by atoms with van der Waals surface area (Å²) in [5.74, 6) is 0. The summed E-state index contributed by atoms with van der Waals surface area (Å²) in [5.41, 5.74) is 8.76. The fraction of sp³-hybridized carbons (Fsp3) is 0.0769. The molecule has 0 unspecified atom stereocenters. The third kappa shape index (κ3) is 1.89. The molecule has 0 bridgehead atoms. The van der Waals surface area contributed by atoms with Crippen molar-refractivity contribution in [3.63, 3.8) is 0 Å². The van der Waals surface area contributed by atoms with Crippen LogP contribution in [-0.4, -0.2) is 14.8 Å². The van der Waals surface area contributed by atoms with Crippen LogP contribution in [0.1, 0.15) is 0 Å². The second-order valence-electron chi connectivity index (χ2n) is 3.97. The van der Waals surface area contributed by atoms with Gasteiger partial charge in [0.05, 0.1) is 16.3 Å². The topological polar surface area (TPSA) is 56.7 Å². The van der Waals surface area contributed by atoms with Crippen LogP contribution in [0, 0.1) is 0 Å². The average Bonchev–Trinajstić information content (AvgIpc) is 2.97. The van der Waals surface area contributed by atoms with E-state index in [1.54, 1.807) is 6.20 Å². The first-order valence-electron chi connectivity index (χ1n) is 5.55. The summed E-state index contributed by atoms with van der Waals surface area (Å²) >= 11 is 1.47. The highest BCUT2D eigenvalue weighted by atomic mass is 32.1. The van der Waals surface area contributed by atoms with Crippen LogP contribution in [0.4, 0.5) is 5.13 Å². The van der Waals surface area contributed by atoms with Crippen molar-refractivity contribution in [1.82, 2.24) is 14.8 Å². The molecule has 0 aliphatic carbocycles. The van der Waals surface area contributed by atoms with E-state index in [4.69, 9.17) is 5.73 Å². The van der Waals surface area contributed by atoms with Gasteiger partial charge in [0.25, 0.3) is 0 Å².